The third-order valence-electron chi connectivity index (χ3n) is 4.20. The lowest BCUT2D eigenvalue weighted by molar-refractivity contribution is -0.134. The van der Waals surface area contributed by atoms with Crippen molar-refractivity contribution in [2.45, 2.75) is 39.2 Å². The molecule has 1 heterocycles. The van der Waals surface area contributed by atoms with Gasteiger partial charge in [-0.1, -0.05) is 26.0 Å². The van der Waals surface area contributed by atoms with Crippen molar-refractivity contribution in [1.82, 2.24) is 4.90 Å². The van der Waals surface area contributed by atoms with Crippen molar-refractivity contribution in [2.24, 2.45) is 11.7 Å². The Bertz CT molecular complexity index is 493. The second-order valence-corrected chi connectivity index (χ2v) is 6.25. The lowest BCUT2D eigenvalue weighted by Gasteiger charge is -2.21. The first-order chi connectivity index (χ1) is 10.0. The molecular formula is C17H27ClN2O2. The first-order valence-electron chi connectivity index (χ1n) is 7.73. The first-order valence-corrected chi connectivity index (χ1v) is 7.73. The van der Waals surface area contributed by atoms with Gasteiger partial charge >= 0.3 is 0 Å². The van der Waals surface area contributed by atoms with Crippen molar-refractivity contribution < 1.29 is 9.53 Å². The molecule has 22 heavy (non-hydrogen) atoms. The predicted molar refractivity (Wildman–Crippen MR) is 91.6 cm³/mol. The summed E-state index contributed by atoms with van der Waals surface area (Å²) < 4.78 is 5.67. The fourth-order valence-corrected chi connectivity index (χ4v) is 2.85. The number of nitrogens with two attached hydrogens (primary N) is 1. The third kappa shape index (κ3) is 4.62. The van der Waals surface area contributed by atoms with E-state index in [1.54, 1.807) is 0 Å². The zero-order chi connectivity index (χ0) is 15.4. The quantitative estimate of drug-likeness (QED) is 0.905. The molecule has 4 nitrogen and oxygen atoms in total. The Morgan fingerprint density at radius 1 is 1.45 bits per heavy atom. The molecule has 0 spiro atoms. The average Bonchev–Trinajstić information content (AvgIpc) is 2.86. The molecule has 0 saturated carbocycles. The summed E-state index contributed by atoms with van der Waals surface area (Å²) >= 11 is 0. The standard InChI is InChI=1S/C17H26N2O2.ClH/c1-12(2)15-5-4-6-16(8-15)21-11-17(20)19-10-14(9-18)7-13(19)3;/h4-6,8,12-14H,7,9-11,18H2,1-3H3;1H. The van der Waals surface area contributed by atoms with Gasteiger partial charge in [-0.15, -0.1) is 12.4 Å². The van der Waals surface area contributed by atoms with E-state index in [-0.39, 0.29) is 31.0 Å². The fraction of sp³-hybridized carbons (Fsp3) is 0.588. The fourth-order valence-electron chi connectivity index (χ4n) is 2.85. The van der Waals surface area contributed by atoms with E-state index in [1.807, 2.05) is 23.1 Å². The number of carbonyl (C=O) groups is 1. The highest BCUT2D eigenvalue weighted by molar-refractivity contribution is 5.85. The predicted octanol–water partition coefficient (Wildman–Crippen LogP) is 2.81. The van der Waals surface area contributed by atoms with Crippen LogP contribution in [0.5, 0.6) is 5.75 Å². The molecule has 2 N–H and O–H groups in total. The summed E-state index contributed by atoms with van der Waals surface area (Å²) in [6.07, 6.45) is 0.991. The van der Waals surface area contributed by atoms with Crippen molar-refractivity contribution >= 4 is 18.3 Å². The molecular weight excluding hydrogens is 300 g/mol. The Hall–Kier alpha value is -1.26. The zero-order valence-electron chi connectivity index (χ0n) is 13.6. The molecule has 2 unspecified atom stereocenters. The van der Waals surface area contributed by atoms with Crippen LogP contribution in [0.1, 0.15) is 38.7 Å². The molecule has 0 aliphatic carbocycles. The second-order valence-electron chi connectivity index (χ2n) is 6.25. The van der Waals surface area contributed by atoms with Gasteiger partial charge in [-0.05, 0) is 49.4 Å². The lowest BCUT2D eigenvalue weighted by atomic mass is 10.0. The molecule has 1 amide bonds. The summed E-state index contributed by atoms with van der Waals surface area (Å²) in [6, 6.07) is 8.21. The highest BCUT2D eigenvalue weighted by Gasteiger charge is 2.31. The number of amides is 1. The van der Waals surface area contributed by atoms with E-state index in [9.17, 15) is 4.79 Å². The number of hydrogen-bond acceptors (Lipinski definition) is 3. The molecule has 0 radical (unpaired) electrons. The molecule has 0 aromatic heterocycles. The van der Waals surface area contributed by atoms with Crippen LogP contribution in [0.15, 0.2) is 24.3 Å². The summed E-state index contributed by atoms with van der Waals surface area (Å²) in [5.41, 5.74) is 6.92. The summed E-state index contributed by atoms with van der Waals surface area (Å²) in [4.78, 5) is 14.2. The van der Waals surface area contributed by atoms with Gasteiger partial charge < -0.3 is 15.4 Å². The molecule has 1 saturated heterocycles. The zero-order valence-corrected chi connectivity index (χ0v) is 14.4. The Morgan fingerprint density at radius 3 is 2.77 bits per heavy atom. The van der Waals surface area contributed by atoms with Gasteiger partial charge in [-0.25, -0.2) is 0 Å². The highest BCUT2D eigenvalue weighted by Crippen LogP contribution is 2.23. The van der Waals surface area contributed by atoms with Gasteiger partial charge in [0, 0.05) is 12.6 Å². The Labute approximate surface area is 139 Å². The highest BCUT2D eigenvalue weighted by atomic mass is 35.5. The van der Waals surface area contributed by atoms with Crippen molar-refractivity contribution in [1.29, 1.82) is 0 Å². The van der Waals surface area contributed by atoms with Crippen LogP contribution in [0, 0.1) is 5.92 Å². The van der Waals surface area contributed by atoms with Crippen molar-refractivity contribution in [3.05, 3.63) is 29.8 Å². The van der Waals surface area contributed by atoms with E-state index in [2.05, 4.69) is 26.8 Å². The van der Waals surface area contributed by atoms with Crippen LogP contribution in [0.4, 0.5) is 0 Å². The van der Waals surface area contributed by atoms with Crippen LogP contribution >= 0.6 is 12.4 Å². The SMILES string of the molecule is CC(C)c1cccc(OCC(=O)N2CC(CN)CC2C)c1.Cl. The summed E-state index contributed by atoms with van der Waals surface area (Å²) in [6.45, 7) is 7.86. The minimum atomic E-state index is 0. The number of hydrogen-bond donors (Lipinski definition) is 1. The van der Waals surface area contributed by atoms with E-state index < -0.39 is 0 Å². The molecule has 0 bridgehead atoms. The van der Waals surface area contributed by atoms with Gasteiger partial charge in [0.2, 0.25) is 0 Å². The smallest absolute Gasteiger partial charge is 0.260 e. The van der Waals surface area contributed by atoms with Gasteiger partial charge in [0.15, 0.2) is 6.61 Å². The third-order valence-corrected chi connectivity index (χ3v) is 4.20. The van der Waals surface area contributed by atoms with Crippen LogP contribution in [0.3, 0.4) is 0 Å². The van der Waals surface area contributed by atoms with Crippen molar-refractivity contribution in [3.8, 4) is 5.75 Å². The van der Waals surface area contributed by atoms with Crippen LogP contribution < -0.4 is 10.5 Å². The number of ether oxygens (including phenoxy) is 1. The maximum absolute atomic E-state index is 12.3. The maximum atomic E-state index is 12.3. The van der Waals surface area contributed by atoms with Crippen molar-refractivity contribution in [2.75, 3.05) is 19.7 Å². The van der Waals surface area contributed by atoms with Gasteiger partial charge in [0.05, 0.1) is 0 Å². The lowest BCUT2D eigenvalue weighted by Crippen LogP contribution is -2.37. The molecule has 1 aliphatic rings. The topological polar surface area (TPSA) is 55.6 Å². The Balaban J connectivity index is 0.00000242. The van der Waals surface area contributed by atoms with E-state index in [1.165, 1.54) is 5.56 Å². The molecule has 5 heteroatoms. The van der Waals surface area contributed by atoms with Crippen LogP contribution in [0.2, 0.25) is 0 Å². The number of nitrogens with zero attached hydrogens (tertiary/aromatic N) is 1. The van der Waals surface area contributed by atoms with Crippen molar-refractivity contribution in [3.63, 3.8) is 0 Å². The number of halogens is 1. The second kappa shape index (κ2) is 8.39. The van der Waals surface area contributed by atoms with E-state index in [0.29, 0.717) is 18.4 Å². The number of likely N-dealkylation sites (tertiary alicyclic amines) is 1. The number of benzene rings is 1. The summed E-state index contributed by atoms with van der Waals surface area (Å²) in [5.74, 6) is 1.69. The molecule has 1 fully saturated rings. The van der Waals surface area contributed by atoms with Gasteiger partial charge in [0.1, 0.15) is 5.75 Å². The van der Waals surface area contributed by atoms with Gasteiger partial charge in [-0.2, -0.15) is 0 Å². The number of rotatable bonds is 5. The molecule has 1 aromatic rings. The monoisotopic (exact) mass is 326 g/mol. The minimum absolute atomic E-state index is 0. The largest absolute Gasteiger partial charge is 0.484 e. The first kappa shape index (κ1) is 18.8. The maximum Gasteiger partial charge on any atom is 0.260 e. The van der Waals surface area contributed by atoms with E-state index in [0.717, 1.165) is 18.7 Å². The van der Waals surface area contributed by atoms with Crippen LogP contribution in [-0.2, 0) is 4.79 Å². The Morgan fingerprint density at radius 2 is 2.18 bits per heavy atom. The Kier molecular flexibility index (Phi) is 7.17. The molecule has 1 aromatic carbocycles. The normalized spacial score (nSPS) is 20.9. The molecule has 124 valence electrons. The minimum Gasteiger partial charge on any atom is -0.484 e. The molecule has 2 atom stereocenters. The van der Waals surface area contributed by atoms with E-state index in [4.69, 9.17) is 10.5 Å². The van der Waals surface area contributed by atoms with Gasteiger partial charge in [0.25, 0.3) is 5.91 Å². The molecule has 2 rings (SSSR count). The summed E-state index contributed by atoms with van der Waals surface area (Å²) in [5, 5.41) is 0. The summed E-state index contributed by atoms with van der Waals surface area (Å²) in [7, 11) is 0. The average molecular weight is 327 g/mol. The number of carbonyl (C=O) groups excluding carboxylic acids is 1. The van der Waals surface area contributed by atoms with E-state index >= 15 is 0 Å². The van der Waals surface area contributed by atoms with Crippen LogP contribution in [0.25, 0.3) is 0 Å². The van der Waals surface area contributed by atoms with Gasteiger partial charge in [-0.3, -0.25) is 4.79 Å². The molecule has 1 aliphatic heterocycles. The van der Waals surface area contributed by atoms with Crippen LogP contribution in [-0.4, -0.2) is 36.5 Å².